The van der Waals surface area contributed by atoms with Gasteiger partial charge < -0.3 is 11.1 Å². The van der Waals surface area contributed by atoms with Crippen molar-refractivity contribution < 1.29 is 13.2 Å². The van der Waals surface area contributed by atoms with Gasteiger partial charge in [-0.05, 0) is 31.0 Å². The molecule has 0 aliphatic rings. The van der Waals surface area contributed by atoms with Crippen molar-refractivity contribution >= 4 is 22.4 Å². The highest BCUT2D eigenvalue weighted by Crippen LogP contribution is 2.23. The lowest BCUT2D eigenvalue weighted by Gasteiger charge is -2.09. The Balaban J connectivity index is 1.95. The van der Waals surface area contributed by atoms with E-state index < -0.39 is 12.6 Å². The van der Waals surface area contributed by atoms with Crippen LogP contribution < -0.4 is 11.1 Å². The van der Waals surface area contributed by atoms with Crippen LogP contribution in [0.5, 0.6) is 0 Å². The topological polar surface area (TPSA) is 63.8 Å². The average Bonchev–Trinajstić information content (AvgIpc) is 2.37. The van der Waals surface area contributed by atoms with Crippen LogP contribution in [0.4, 0.5) is 24.7 Å². The first-order valence-corrected chi connectivity index (χ1v) is 6.26. The smallest absolute Gasteiger partial charge is 0.389 e. The van der Waals surface area contributed by atoms with E-state index >= 15 is 0 Å². The molecule has 0 spiro atoms. The van der Waals surface area contributed by atoms with Crippen molar-refractivity contribution in [1.82, 2.24) is 9.97 Å². The van der Waals surface area contributed by atoms with E-state index in [1.807, 2.05) is 0 Å². The minimum atomic E-state index is -4.09. The van der Waals surface area contributed by atoms with E-state index in [0.29, 0.717) is 24.5 Å². The average molecular weight is 284 g/mol. The zero-order valence-electron chi connectivity index (χ0n) is 10.7. The van der Waals surface area contributed by atoms with Crippen LogP contribution in [-0.4, -0.2) is 22.7 Å². The summed E-state index contributed by atoms with van der Waals surface area (Å²) in [6.45, 7) is 0.428. The summed E-state index contributed by atoms with van der Waals surface area (Å²) in [4.78, 5) is 8.20. The van der Waals surface area contributed by atoms with Crippen LogP contribution in [0.1, 0.15) is 19.3 Å². The molecular formula is C13H15F3N4. The number of nitrogen functional groups attached to an aromatic ring is 1. The molecule has 0 bridgehead atoms. The van der Waals surface area contributed by atoms with Crippen LogP contribution in [0.3, 0.4) is 0 Å². The number of benzene rings is 1. The monoisotopic (exact) mass is 284 g/mol. The van der Waals surface area contributed by atoms with Crippen molar-refractivity contribution in [3.8, 4) is 0 Å². The highest BCUT2D eigenvalue weighted by atomic mass is 19.4. The summed E-state index contributed by atoms with van der Waals surface area (Å²) in [7, 11) is 0. The molecular weight excluding hydrogens is 269 g/mol. The summed E-state index contributed by atoms with van der Waals surface area (Å²) < 4.78 is 36.0. The number of alkyl halides is 3. The van der Waals surface area contributed by atoms with Gasteiger partial charge in [-0.3, -0.25) is 0 Å². The Hall–Kier alpha value is -2.05. The maximum atomic E-state index is 12.0. The highest BCUT2D eigenvalue weighted by molar-refractivity contribution is 5.91. The number of hydrogen-bond acceptors (Lipinski definition) is 4. The van der Waals surface area contributed by atoms with Crippen molar-refractivity contribution in [2.45, 2.75) is 25.4 Å². The first kappa shape index (κ1) is 14.4. The van der Waals surface area contributed by atoms with Crippen LogP contribution in [0.25, 0.3) is 10.9 Å². The summed E-state index contributed by atoms with van der Waals surface area (Å²) in [5.41, 5.74) is 7.04. The molecule has 0 aliphatic carbocycles. The maximum Gasteiger partial charge on any atom is 0.389 e. The zero-order valence-corrected chi connectivity index (χ0v) is 10.7. The van der Waals surface area contributed by atoms with Crippen LogP contribution >= 0.6 is 0 Å². The van der Waals surface area contributed by atoms with Gasteiger partial charge in [-0.1, -0.05) is 0 Å². The molecule has 0 saturated carbocycles. The second-order valence-corrected chi connectivity index (χ2v) is 4.50. The number of nitrogens with zero attached hydrogens (tertiary/aromatic N) is 2. The quantitative estimate of drug-likeness (QED) is 0.652. The van der Waals surface area contributed by atoms with Gasteiger partial charge in [0.1, 0.15) is 12.1 Å². The second kappa shape index (κ2) is 5.94. The summed E-state index contributed by atoms with van der Waals surface area (Å²) in [5, 5.41) is 3.79. The molecule has 108 valence electrons. The van der Waals surface area contributed by atoms with Gasteiger partial charge >= 0.3 is 6.18 Å². The number of rotatable bonds is 5. The van der Waals surface area contributed by atoms with Crippen LogP contribution in [0.15, 0.2) is 24.5 Å². The fraction of sp³-hybridized carbons (Fsp3) is 0.385. The molecule has 0 aliphatic heterocycles. The van der Waals surface area contributed by atoms with Gasteiger partial charge in [-0.2, -0.15) is 13.2 Å². The van der Waals surface area contributed by atoms with Crippen molar-refractivity contribution in [1.29, 1.82) is 0 Å². The maximum absolute atomic E-state index is 12.0. The third-order valence-corrected chi connectivity index (χ3v) is 2.84. The Morgan fingerprint density at radius 3 is 2.70 bits per heavy atom. The molecule has 1 aromatic carbocycles. The minimum absolute atomic E-state index is 0.0989. The largest absolute Gasteiger partial charge is 0.399 e. The Morgan fingerprint density at radius 1 is 1.15 bits per heavy atom. The van der Waals surface area contributed by atoms with E-state index in [2.05, 4.69) is 15.3 Å². The van der Waals surface area contributed by atoms with Crippen molar-refractivity contribution in [3.63, 3.8) is 0 Å². The Kier molecular flexibility index (Phi) is 4.26. The molecule has 2 rings (SSSR count). The molecule has 7 heteroatoms. The predicted octanol–water partition coefficient (Wildman–Crippen LogP) is 3.36. The Labute approximate surface area is 114 Å². The van der Waals surface area contributed by atoms with E-state index in [1.165, 1.54) is 6.33 Å². The first-order valence-electron chi connectivity index (χ1n) is 6.26. The molecule has 0 fully saturated rings. The number of anilines is 2. The summed E-state index contributed by atoms with van der Waals surface area (Å²) in [6, 6.07) is 5.26. The predicted molar refractivity (Wildman–Crippen MR) is 72.3 cm³/mol. The number of hydrogen-bond donors (Lipinski definition) is 2. The normalized spacial score (nSPS) is 11.8. The lowest BCUT2D eigenvalue weighted by molar-refractivity contribution is -0.135. The van der Waals surface area contributed by atoms with Crippen LogP contribution in [0, 0.1) is 0 Å². The third kappa shape index (κ3) is 3.97. The van der Waals surface area contributed by atoms with Crippen molar-refractivity contribution in [3.05, 3.63) is 24.5 Å². The molecule has 2 aromatic rings. The van der Waals surface area contributed by atoms with Gasteiger partial charge in [-0.25, -0.2) is 9.97 Å². The number of aromatic nitrogens is 2. The van der Waals surface area contributed by atoms with E-state index in [-0.39, 0.29) is 6.42 Å². The molecule has 3 N–H and O–H groups in total. The molecule has 0 atom stereocenters. The second-order valence-electron chi connectivity index (χ2n) is 4.50. The zero-order chi connectivity index (χ0) is 14.6. The SMILES string of the molecule is Nc1ccc2ncnc(NCCCCC(F)(F)F)c2c1. The Bertz CT molecular complexity index is 583. The number of nitrogens with one attached hydrogen (secondary N) is 1. The summed E-state index contributed by atoms with van der Waals surface area (Å²) >= 11 is 0. The van der Waals surface area contributed by atoms with E-state index in [4.69, 9.17) is 5.73 Å². The Morgan fingerprint density at radius 2 is 1.95 bits per heavy atom. The van der Waals surface area contributed by atoms with Gasteiger partial charge in [0.25, 0.3) is 0 Å². The molecule has 0 saturated heterocycles. The number of nitrogens with two attached hydrogens (primary N) is 1. The fourth-order valence-electron chi connectivity index (χ4n) is 1.87. The minimum Gasteiger partial charge on any atom is -0.399 e. The molecule has 0 amide bonds. The third-order valence-electron chi connectivity index (χ3n) is 2.84. The van der Waals surface area contributed by atoms with Crippen LogP contribution in [0.2, 0.25) is 0 Å². The van der Waals surface area contributed by atoms with Crippen LogP contribution in [-0.2, 0) is 0 Å². The molecule has 1 heterocycles. The fourth-order valence-corrected chi connectivity index (χ4v) is 1.87. The molecule has 20 heavy (non-hydrogen) atoms. The molecule has 1 aromatic heterocycles. The van der Waals surface area contributed by atoms with Gasteiger partial charge in [0.15, 0.2) is 0 Å². The lowest BCUT2D eigenvalue weighted by atomic mass is 10.2. The number of unbranched alkanes of at least 4 members (excludes halogenated alkanes) is 1. The number of halogens is 3. The van der Waals surface area contributed by atoms with Crippen molar-refractivity contribution in [2.24, 2.45) is 0 Å². The van der Waals surface area contributed by atoms with Crippen molar-refractivity contribution in [2.75, 3.05) is 17.6 Å². The molecule has 4 nitrogen and oxygen atoms in total. The summed E-state index contributed by atoms with van der Waals surface area (Å²) in [6.07, 6.45) is -2.91. The van der Waals surface area contributed by atoms with Gasteiger partial charge in [0, 0.05) is 24.0 Å². The number of fused-ring (bicyclic) bond motifs is 1. The highest BCUT2D eigenvalue weighted by Gasteiger charge is 2.25. The summed E-state index contributed by atoms with van der Waals surface area (Å²) in [5.74, 6) is 0.592. The van der Waals surface area contributed by atoms with E-state index in [0.717, 1.165) is 10.9 Å². The lowest BCUT2D eigenvalue weighted by Crippen LogP contribution is -2.09. The molecule has 0 radical (unpaired) electrons. The standard InChI is InChI=1S/C13H15F3N4/c14-13(15,16)5-1-2-6-18-12-10-7-9(17)3-4-11(10)19-8-20-12/h3-4,7-8H,1-2,5-6,17H2,(H,18,19,20). The first-order chi connectivity index (χ1) is 9.46. The van der Waals surface area contributed by atoms with Gasteiger partial charge in [-0.15, -0.1) is 0 Å². The van der Waals surface area contributed by atoms with Gasteiger partial charge in [0.2, 0.25) is 0 Å². The van der Waals surface area contributed by atoms with E-state index in [9.17, 15) is 13.2 Å². The van der Waals surface area contributed by atoms with Gasteiger partial charge in [0.05, 0.1) is 5.52 Å². The molecule has 0 unspecified atom stereocenters. The van der Waals surface area contributed by atoms with E-state index in [1.54, 1.807) is 18.2 Å².